The number of guanidine groups is 1. The van der Waals surface area contributed by atoms with Gasteiger partial charge in [-0.1, -0.05) is 30.3 Å². The molecule has 30 heavy (non-hydrogen) atoms. The summed E-state index contributed by atoms with van der Waals surface area (Å²) in [5.41, 5.74) is 0.657. The van der Waals surface area contributed by atoms with E-state index in [2.05, 4.69) is 22.8 Å². The molecule has 162 valence electrons. The predicted octanol–water partition coefficient (Wildman–Crippen LogP) is 3.57. The standard InChI is InChI=1S/C23H32N4O3/c1-23(2,3)30-22(28)27-14-12-19(17-27)26-21(24-13-11-20-10-7-15-29-20)25-16-18-8-5-4-6-9-18/h4-10,15,19H,11-14,16-17H2,1-3H3,(H2,24,25,26). The highest BCUT2D eigenvalue weighted by atomic mass is 16.6. The molecule has 1 aliphatic heterocycles. The monoisotopic (exact) mass is 412 g/mol. The zero-order valence-corrected chi connectivity index (χ0v) is 18.1. The van der Waals surface area contributed by atoms with Crippen molar-refractivity contribution >= 4 is 12.1 Å². The summed E-state index contributed by atoms with van der Waals surface area (Å²) in [6.45, 7) is 8.20. The number of aliphatic imine (C=N–C) groups is 1. The zero-order valence-electron chi connectivity index (χ0n) is 18.1. The van der Waals surface area contributed by atoms with Crippen molar-refractivity contribution in [3.05, 3.63) is 60.1 Å². The van der Waals surface area contributed by atoms with E-state index in [1.807, 2.05) is 51.1 Å². The van der Waals surface area contributed by atoms with E-state index in [1.165, 1.54) is 0 Å². The van der Waals surface area contributed by atoms with Crippen LogP contribution >= 0.6 is 0 Å². The molecule has 2 N–H and O–H groups in total. The van der Waals surface area contributed by atoms with Crippen LogP contribution in [0.2, 0.25) is 0 Å². The molecule has 3 rings (SSSR count). The lowest BCUT2D eigenvalue weighted by atomic mass is 10.2. The summed E-state index contributed by atoms with van der Waals surface area (Å²) in [5, 5.41) is 6.85. The maximum atomic E-state index is 12.3. The molecule has 1 fully saturated rings. The second-order valence-corrected chi connectivity index (χ2v) is 8.46. The highest BCUT2D eigenvalue weighted by Gasteiger charge is 2.30. The fourth-order valence-electron chi connectivity index (χ4n) is 3.23. The minimum atomic E-state index is -0.488. The molecule has 1 amide bonds. The largest absolute Gasteiger partial charge is 0.469 e. The van der Waals surface area contributed by atoms with Crippen LogP contribution < -0.4 is 10.6 Å². The fourth-order valence-corrected chi connectivity index (χ4v) is 3.23. The first-order chi connectivity index (χ1) is 14.4. The van der Waals surface area contributed by atoms with Gasteiger partial charge in [0.15, 0.2) is 5.96 Å². The molecule has 1 unspecified atom stereocenters. The second-order valence-electron chi connectivity index (χ2n) is 8.46. The third-order valence-electron chi connectivity index (χ3n) is 4.69. The van der Waals surface area contributed by atoms with Crippen molar-refractivity contribution in [3.63, 3.8) is 0 Å². The summed E-state index contributed by atoms with van der Waals surface area (Å²) in [6, 6.07) is 14.1. The van der Waals surface area contributed by atoms with Gasteiger partial charge in [-0.3, -0.25) is 0 Å². The third-order valence-corrected chi connectivity index (χ3v) is 4.69. The number of hydrogen-bond acceptors (Lipinski definition) is 4. The minimum absolute atomic E-state index is 0.128. The summed E-state index contributed by atoms with van der Waals surface area (Å²) < 4.78 is 10.9. The van der Waals surface area contributed by atoms with Gasteiger partial charge in [-0.05, 0) is 44.9 Å². The number of rotatable bonds is 6. The van der Waals surface area contributed by atoms with E-state index in [0.717, 1.165) is 30.1 Å². The number of amides is 1. The lowest BCUT2D eigenvalue weighted by molar-refractivity contribution is 0.0292. The first kappa shape index (κ1) is 21.7. The zero-order chi connectivity index (χ0) is 21.4. The van der Waals surface area contributed by atoms with Gasteiger partial charge in [0.1, 0.15) is 11.4 Å². The molecule has 0 saturated carbocycles. The molecule has 1 saturated heterocycles. The normalized spacial score (nSPS) is 17.1. The van der Waals surface area contributed by atoms with Crippen LogP contribution in [0.5, 0.6) is 0 Å². The highest BCUT2D eigenvalue weighted by Crippen LogP contribution is 2.15. The average molecular weight is 413 g/mol. The van der Waals surface area contributed by atoms with E-state index in [4.69, 9.17) is 14.1 Å². The fraction of sp³-hybridized carbons (Fsp3) is 0.478. The molecule has 1 aromatic carbocycles. The molecule has 0 spiro atoms. The Morgan fingerprint density at radius 2 is 2.03 bits per heavy atom. The molecule has 0 bridgehead atoms. The molecule has 0 aliphatic carbocycles. The number of carbonyl (C=O) groups excluding carboxylic acids is 1. The Bertz CT molecular complexity index is 813. The lowest BCUT2D eigenvalue weighted by Crippen LogP contribution is -2.46. The van der Waals surface area contributed by atoms with Gasteiger partial charge >= 0.3 is 6.09 Å². The smallest absolute Gasteiger partial charge is 0.410 e. The van der Waals surface area contributed by atoms with Gasteiger partial charge in [0, 0.05) is 32.1 Å². The number of likely N-dealkylation sites (tertiary alicyclic amines) is 1. The molecule has 2 aromatic rings. The number of benzene rings is 1. The maximum absolute atomic E-state index is 12.3. The van der Waals surface area contributed by atoms with Gasteiger partial charge in [-0.25, -0.2) is 9.79 Å². The lowest BCUT2D eigenvalue weighted by Gasteiger charge is -2.24. The van der Waals surface area contributed by atoms with Gasteiger partial charge in [0.2, 0.25) is 0 Å². The van der Waals surface area contributed by atoms with E-state index >= 15 is 0 Å². The first-order valence-electron chi connectivity index (χ1n) is 10.5. The quantitative estimate of drug-likeness (QED) is 0.560. The van der Waals surface area contributed by atoms with Gasteiger partial charge in [-0.15, -0.1) is 0 Å². The molecule has 7 nitrogen and oxygen atoms in total. The molecule has 7 heteroatoms. The summed E-state index contributed by atoms with van der Waals surface area (Å²) in [7, 11) is 0. The summed E-state index contributed by atoms with van der Waals surface area (Å²) in [6.07, 6.45) is 3.04. The Balaban J connectivity index is 1.56. The molecular weight excluding hydrogens is 380 g/mol. The number of nitrogens with zero attached hydrogens (tertiary/aromatic N) is 2. The molecule has 1 aromatic heterocycles. The minimum Gasteiger partial charge on any atom is -0.469 e. The van der Waals surface area contributed by atoms with Crippen LogP contribution in [0.4, 0.5) is 4.79 Å². The molecule has 1 atom stereocenters. The first-order valence-corrected chi connectivity index (χ1v) is 10.5. The topological polar surface area (TPSA) is 79.1 Å². The number of ether oxygens (including phenoxy) is 1. The van der Waals surface area contributed by atoms with Crippen molar-refractivity contribution in [3.8, 4) is 0 Å². The van der Waals surface area contributed by atoms with Crippen molar-refractivity contribution in [1.82, 2.24) is 15.5 Å². The van der Waals surface area contributed by atoms with Crippen LogP contribution in [0.15, 0.2) is 58.1 Å². The Hall–Kier alpha value is -2.96. The van der Waals surface area contributed by atoms with Gasteiger partial charge in [0.05, 0.1) is 12.8 Å². The van der Waals surface area contributed by atoms with E-state index in [9.17, 15) is 4.79 Å². The van der Waals surface area contributed by atoms with Gasteiger partial charge in [0.25, 0.3) is 0 Å². The van der Waals surface area contributed by atoms with Crippen LogP contribution in [0.1, 0.15) is 38.5 Å². The van der Waals surface area contributed by atoms with Crippen molar-refractivity contribution in [2.75, 3.05) is 19.6 Å². The van der Waals surface area contributed by atoms with E-state index in [-0.39, 0.29) is 12.1 Å². The second kappa shape index (κ2) is 10.2. The van der Waals surface area contributed by atoms with Crippen molar-refractivity contribution in [1.29, 1.82) is 0 Å². The Morgan fingerprint density at radius 3 is 2.73 bits per heavy atom. The third kappa shape index (κ3) is 7.13. The Morgan fingerprint density at radius 1 is 1.23 bits per heavy atom. The van der Waals surface area contributed by atoms with Crippen LogP contribution in [0.25, 0.3) is 0 Å². The SMILES string of the molecule is CC(C)(C)OC(=O)N1CCC(NC(=NCc2ccccc2)NCCc2ccco2)C1. The average Bonchev–Trinajstić information content (AvgIpc) is 3.37. The number of hydrogen-bond donors (Lipinski definition) is 2. The van der Waals surface area contributed by atoms with Crippen molar-refractivity contribution < 1.29 is 13.9 Å². The highest BCUT2D eigenvalue weighted by molar-refractivity contribution is 5.80. The number of nitrogens with one attached hydrogen (secondary N) is 2. The van der Waals surface area contributed by atoms with E-state index < -0.39 is 5.60 Å². The number of furan rings is 1. The van der Waals surface area contributed by atoms with Crippen molar-refractivity contribution in [2.45, 2.75) is 51.8 Å². The summed E-state index contributed by atoms with van der Waals surface area (Å²) in [5.74, 6) is 1.67. The van der Waals surface area contributed by atoms with E-state index in [0.29, 0.717) is 26.2 Å². The summed E-state index contributed by atoms with van der Waals surface area (Å²) in [4.78, 5) is 18.8. The van der Waals surface area contributed by atoms with Crippen molar-refractivity contribution in [2.24, 2.45) is 4.99 Å². The predicted molar refractivity (Wildman–Crippen MR) is 117 cm³/mol. The maximum Gasteiger partial charge on any atom is 0.410 e. The van der Waals surface area contributed by atoms with Crippen LogP contribution in [0, 0.1) is 0 Å². The molecular formula is C23H32N4O3. The van der Waals surface area contributed by atoms with E-state index in [1.54, 1.807) is 11.2 Å². The number of carbonyl (C=O) groups is 1. The van der Waals surface area contributed by atoms with Crippen LogP contribution in [-0.4, -0.2) is 48.2 Å². The van der Waals surface area contributed by atoms with Crippen LogP contribution in [0.3, 0.4) is 0 Å². The van der Waals surface area contributed by atoms with Gasteiger partial charge < -0.3 is 24.7 Å². The molecule has 1 aliphatic rings. The van der Waals surface area contributed by atoms with Gasteiger partial charge in [-0.2, -0.15) is 0 Å². The Labute approximate surface area is 178 Å². The molecule has 0 radical (unpaired) electrons. The molecule has 2 heterocycles. The Kier molecular flexibility index (Phi) is 7.38. The van der Waals surface area contributed by atoms with Crippen LogP contribution in [-0.2, 0) is 17.7 Å². The summed E-state index contributed by atoms with van der Waals surface area (Å²) >= 11 is 0.